The highest BCUT2D eigenvalue weighted by Gasteiger charge is 2.01. The van der Waals surface area contributed by atoms with Crippen LogP contribution in [0, 0.1) is 5.82 Å². The molecular formula is C16H23FIN5O. The van der Waals surface area contributed by atoms with E-state index in [4.69, 9.17) is 4.74 Å². The number of hydrogen-bond donors (Lipinski definition) is 2. The van der Waals surface area contributed by atoms with Crippen LogP contribution in [0.15, 0.2) is 41.5 Å². The van der Waals surface area contributed by atoms with E-state index in [1.165, 1.54) is 12.1 Å². The van der Waals surface area contributed by atoms with Crippen molar-refractivity contribution in [2.45, 2.75) is 13.0 Å². The summed E-state index contributed by atoms with van der Waals surface area (Å²) in [6, 6.07) is 7.97. The van der Waals surface area contributed by atoms with Gasteiger partial charge in [-0.1, -0.05) is 0 Å². The van der Waals surface area contributed by atoms with Crippen molar-refractivity contribution in [2.75, 3.05) is 20.2 Å². The molecule has 0 saturated heterocycles. The van der Waals surface area contributed by atoms with Crippen LogP contribution in [0.3, 0.4) is 0 Å². The molecule has 0 aliphatic heterocycles. The molecule has 2 rings (SSSR count). The standard InChI is InChI=1S/C16H22FN5O.HI/c1-18-16(20-12-14-8-10-21-22(14)2)19-9-3-11-23-15-6-4-13(17)5-7-15;/h4-8,10H,3,9,11-12H2,1-2H3,(H2,18,19,20);1H. The quantitative estimate of drug-likeness (QED) is 0.296. The number of ether oxygens (including phenoxy) is 1. The molecule has 0 radical (unpaired) electrons. The molecule has 2 aromatic rings. The molecule has 0 bridgehead atoms. The second kappa shape index (κ2) is 10.8. The van der Waals surface area contributed by atoms with Gasteiger partial charge in [-0.25, -0.2) is 4.39 Å². The van der Waals surface area contributed by atoms with Crippen LogP contribution in [0.4, 0.5) is 4.39 Å². The lowest BCUT2D eigenvalue weighted by Gasteiger charge is -2.12. The van der Waals surface area contributed by atoms with Crippen molar-refractivity contribution in [3.05, 3.63) is 48.0 Å². The SMILES string of the molecule is CN=C(NCCCOc1ccc(F)cc1)NCc1ccnn1C.I. The van der Waals surface area contributed by atoms with Crippen LogP contribution in [-0.2, 0) is 13.6 Å². The predicted octanol–water partition coefficient (Wildman–Crippen LogP) is 2.31. The summed E-state index contributed by atoms with van der Waals surface area (Å²) < 4.78 is 20.1. The third-order valence-corrected chi connectivity index (χ3v) is 3.28. The Morgan fingerprint density at radius 3 is 2.62 bits per heavy atom. The van der Waals surface area contributed by atoms with E-state index in [0.717, 1.165) is 24.6 Å². The first-order valence-electron chi connectivity index (χ1n) is 7.49. The molecule has 0 aliphatic carbocycles. The number of aromatic nitrogens is 2. The Balaban J connectivity index is 0.00000288. The number of rotatable bonds is 7. The normalized spacial score (nSPS) is 10.9. The Morgan fingerprint density at radius 2 is 2.00 bits per heavy atom. The van der Waals surface area contributed by atoms with Gasteiger partial charge in [0.05, 0.1) is 18.8 Å². The monoisotopic (exact) mass is 447 g/mol. The van der Waals surface area contributed by atoms with Gasteiger partial charge in [0.1, 0.15) is 11.6 Å². The molecule has 0 atom stereocenters. The predicted molar refractivity (Wildman–Crippen MR) is 103 cm³/mol. The van der Waals surface area contributed by atoms with E-state index < -0.39 is 0 Å². The lowest BCUT2D eigenvalue weighted by Crippen LogP contribution is -2.38. The fraction of sp³-hybridized carbons (Fsp3) is 0.375. The smallest absolute Gasteiger partial charge is 0.191 e. The largest absolute Gasteiger partial charge is 0.494 e. The second-order valence-electron chi connectivity index (χ2n) is 4.95. The van der Waals surface area contributed by atoms with Crippen molar-refractivity contribution in [3.8, 4) is 5.75 Å². The summed E-state index contributed by atoms with van der Waals surface area (Å²) in [5.41, 5.74) is 1.08. The Hall–Kier alpha value is -1.84. The van der Waals surface area contributed by atoms with Gasteiger partial charge in [0.15, 0.2) is 5.96 Å². The van der Waals surface area contributed by atoms with Crippen molar-refractivity contribution in [1.29, 1.82) is 0 Å². The lowest BCUT2D eigenvalue weighted by atomic mass is 10.3. The zero-order valence-electron chi connectivity index (χ0n) is 13.8. The van der Waals surface area contributed by atoms with Gasteiger partial charge >= 0.3 is 0 Å². The Kier molecular flexibility index (Phi) is 9.13. The third-order valence-electron chi connectivity index (χ3n) is 3.28. The molecule has 0 fully saturated rings. The number of nitrogens with one attached hydrogen (secondary N) is 2. The molecule has 0 amide bonds. The number of guanidine groups is 1. The zero-order chi connectivity index (χ0) is 16.5. The van der Waals surface area contributed by atoms with Gasteiger partial charge in [0, 0.05) is 26.8 Å². The maximum absolute atomic E-state index is 12.8. The van der Waals surface area contributed by atoms with Crippen molar-refractivity contribution in [2.24, 2.45) is 12.0 Å². The van der Waals surface area contributed by atoms with Crippen molar-refractivity contribution < 1.29 is 9.13 Å². The van der Waals surface area contributed by atoms with Crippen LogP contribution < -0.4 is 15.4 Å². The van der Waals surface area contributed by atoms with E-state index in [9.17, 15) is 4.39 Å². The molecule has 8 heteroatoms. The van der Waals surface area contributed by atoms with Gasteiger partial charge in [-0.3, -0.25) is 9.67 Å². The highest BCUT2D eigenvalue weighted by Crippen LogP contribution is 2.10. The Labute approximate surface area is 158 Å². The summed E-state index contributed by atoms with van der Waals surface area (Å²) in [6.07, 6.45) is 2.57. The molecule has 1 aromatic carbocycles. The van der Waals surface area contributed by atoms with E-state index in [2.05, 4.69) is 20.7 Å². The lowest BCUT2D eigenvalue weighted by molar-refractivity contribution is 0.310. The summed E-state index contributed by atoms with van der Waals surface area (Å²) in [5, 5.41) is 10.6. The third kappa shape index (κ3) is 6.73. The Bertz CT molecular complexity index is 630. The molecular weight excluding hydrogens is 424 g/mol. The van der Waals surface area contributed by atoms with Crippen LogP contribution in [0.25, 0.3) is 0 Å². The summed E-state index contributed by atoms with van der Waals surface area (Å²) >= 11 is 0. The number of aryl methyl sites for hydroxylation is 1. The van der Waals surface area contributed by atoms with Gasteiger partial charge in [0.2, 0.25) is 0 Å². The average molecular weight is 447 g/mol. The van der Waals surface area contributed by atoms with Crippen LogP contribution in [-0.4, -0.2) is 35.9 Å². The summed E-state index contributed by atoms with van der Waals surface area (Å²) in [5.74, 6) is 1.14. The molecule has 0 saturated carbocycles. The minimum absolute atomic E-state index is 0. The maximum atomic E-state index is 12.8. The van der Waals surface area contributed by atoms with Crippen molar-refractivity contribution in [1.82, 2.24) is 20.4 Å². The Morgan fingerprint density at radius 1 is 1.25 bits per heavy atom. The van der Waals surface area contributed by atoms with Crippen LogP contribution in [0.2, 0.25) is 0 Å². The van der Waals surface area contributed by atoms with E-state index >= 15 is 0 Å². The van der Waals surface area contributed by atoms with Crippen LogP contribution in [0.5, 0.6) is 5.75 Å². The van der Waals surface area contributed by atoms with Crippen molar-refractivity contribution in [3.63, 3.8) is 0 Å². The van der Waals surface area contributed by atoms with Gasteiger partial charge in [-0.15, -0.1) is 24.0 Å². The topological polar surface area (TPSA) is 63.5 Å². The van der Waals surface area contributed by atoms with Crippen LogP contribution >= 0.6 is 24.0 Å². The number of benzene rings is 1. The van der Waals surface area contributed by atoms with Gasteiger partial charge in [-0.2, -0.15) is 5.10 Å². The molecule has 0 spiro atoms. The minimum atomic E-state index is -0.262. The number of nitrogens with zero attached hydrogens (tertiary/aromatic N) is 3. The first-order chi connectivity index (χ1) is 11.2. The first-order valence-corrected chi connectivity index (χ1v) is 7.49. The number of halogens is 2. The van der Waals surface area contributed by atoms with E-state index in [1.54, 1.807) is 25.4 Å². The van der Waals surface area contributed by atoms with Gasteiger partial charge in [0.25, 0.3) is 0 Å². The summed E-state index contributed by atoms with van der Waals surface area (Å²) in [4.78, 5) is 4.16. The highest BCUT2D eigenvalue weighted by molar-refractivity contribution is 14.0. The van der Waals surface area contributed by atoms with E-state index in [-0.39, 0.29) is 29.8 Å². The molecule has 132 valence electrons. The summed E-state index contributed by atoms with van der Waals surface area (Å²) in [6.45, 7) is 1.94. The van der Waals surface area contributed by atoms with Crippen LogP contribution in [0.1, 0.15) is 12.1 Å². The highest BCUT2D eigenvalue weighted by atomic mass is 127. The molecule has 1 heterocycles. The minimum Gasteiger partial charge on any atom is -0.494 e. The average Bonchev–Trinajstić information content (AvgIpc) is 2.97. The zero-order valence-corrected chi connectivity index (χ0v) is 16.2. The molecule has 2 N–H and O–H groups in total. The fourth-order valence-electron chi connectivity index (χ4n) is 1.97. The maximum Gasteiger partial charge on any atom is 0.191 e. The van der Waals surface area contributed by atoms with E-state index in [0.29, 0.717) is 18.9 Å². The van der Waals surface area contributed by atoms with Crippen molar-refractivity contribution >= 4 is 29.9 Å². The number of hydrogen-bond acceptors (Lipinski definition) is 3. The summed E-state index contributed by atoms with van der Waals surface area (Å²) in [7, 11) is 3.63. The first kappa shape index (κ1) is 20.2. The fourth-order valence-corrected chi connectivity index (χ4v) is 1.97. The van der Waals surface area contributed by atoms with Gasteiger partial charge in [-0.05, 0) is 36.8 Å². The molecule has 0 aliphatic rings. The molecule has 6 nitrogen and oxygen atoms in total. The molecule has 1 aromatic heterocycles. The second-order valence-corrected chi connectivity index (χ2v) is 4.95. The molecule has 24 heavy (non-hydrogen) atoms. The van der Waals surface area contributed by atoms with E-state index in [1.807, 2.05) is 17.8 Å². The molecule has 0 unspecified atom stereocenters. The van der Waals surface area contributed by atoms with Gasteiger partial charge < -0.3 is 15.4 Å². The number of aliphatic imine (C=N–C) groups is 1.